The quantitative estimate of drug-likeness (QED) is 0.436. The summed E-state index contributed by atoms with van der Waals surface area (Å²) < 4.78 is 2.85. The van der Waals surface area contributed by atoms with E-state index in [1.807, 2.05) is 62.8 Å². The Morgan fingerprint density at radius 2 is 1.89 bits per heavy atom. The Hall–Kier alpha value is -2.22. The number of carbonyl (C=O) groups is 1. The van der Waals surface area contributed by atoms with Gasteiger partial charge < -0.3 is 4.90 Å². The summed E-state index contributed by atoms with van der Waals surface area (Å²) >= 11 is 3.17. The predicted molar refractivity (Wildman–Crippen MR) is 120 cm³/mol. The summed E-state index contributed by atoms with van der Waals surface area (Å²) in [7, 11) is 1.89. The van der Waals surface area contributed by atoms with E-state index in [0.717, 1.165) is 41.5 Å². The molecule has 0 atom stereocenters. The van der Waals surface area contributed by atoms with Crippen molar-refractivity contribution in [3.05, 3.63) is 76.6 Å². The number of nitrogens with zero attached hydrogens (tertiary/aromatic N) is 3. The van der Waals surface area contributed by atoms with Gasteiger partial charge in [0.25, 0.3) is 0 Å². The van der Waals surface area contributed by atoms with Crippen molar-refractivity contribution in [2.24, 2.45) is 0 Å². The monoisotopic (exact) mass is 414 g/mol. The number of carbonyl (C=O) groups excluding carboxylic acids is 1. The number of hydrogen-bond acceptors (Lipinski definition) is 7. The van der Waals surface area contributed by atoms with Crippen LogP contribution in [0.5, 0.6) is 0 Å². The van der Waals surface area contributed by atoms with Gasteiger partial charge in [0, 0.05) is 36.3 Å². The smallest absolute Gasteiger partial charge is 0.186 e. The van der Waals surface area contributed by atoms with E-state index >= 15 is 0 Å². The minimum atomic E-state index is 0.533. The van der Waals surface area contributed by atoms with Crippen molar-refractivity contribution < 1.29 is 4.79 Å². The van der Waals surface area contributed by atoms with Gasteiger partial charge in [-0.05, 0) is 37.9 Å². The van der Waals surface area contributed by atoms with Gasteiger partial charge in [-0.2, -0.15) is 0 Å². The molecule has 0 saturated carbocycles. The number of thiazole rings is 1. The third kappa shape index (κ3) is 7.07. The number of aromatic nitrogens is 2. The Kier molecular flexibility index (Phi) is 9.68. The number of aryl methyl sites for hydroxylation is 1. The third-order valence-corrected chi connectivity index (χ3v) is 5.44. The number of rotatable bonds is 8. The van der Waals surface area contributed by atoms with Crippen molar-refractivity contribution in [2.45, 2.75) is 19.9 Å². The number of nitrogens with one attached hydrogen (secondary N) is 1. The van der Waals surface area contributed by atoms with Gasteiger partial charge in [-0.3, -0.25) is 14.5 Å². The number of benzene rings is 1. The molecule has 0 amide bonds. The molecule has 0 aliphatic heterocycles. The Bertz CT molecular complexity index is 823. The van der Waals surface area contributed by atoms with Gasteiger partial charge in [-0.25, -0.2) is 4.98 Å². The zero-order chi connectivity index (χ0) is 20.2. The molecule has 0 fully saturated rings. The molecule has 5 nitrogen and oxygen atoms in total. The lowest BCUT2D eigenvalue weighted by Gasteiger charge is -2.22. The number of anilines is 1. The summed E-state index contributed by atoms with van der Waals surface area (Å²) in [6, 6.07) is 16.3. The molecule has 28 heavy (non-hydrogen) atoms. The Labute approximate surface area is 175 Å². The molecule has 0 spiro atoms. The molecule has 0 radical (unpaired) electrons. The summed E-state index contributed by atoms with van der Waals surface area (Å²) in [4.78, 5) is 23.2. The van der Waals surface area contributed by atoms with Crippen molar-refractivity contribution in [1.82, 2.24) is 14.7 Å². The molecule has 2 aromatic heterocycles. The molecule has 3 rings (SSSR count). The Balaban J connectivity index is 0.000000640. The Morgan fingerprint density at radius 1 is 1.18 bits per heavy atom. The zero-order valence-electron chi connectivity index (χ0n) is 16.5. The van der Waals surface area contributed by atoms with E-state index in [9.17, 15) is 4.79 Å². The average molecular weight is 415 g/mol. The maximum absolute atomic E-state index is 11.1. The van der Waals surface area contributed by atoms with Crippen LogP contribution in [-0.2, 0) is 13.0 Å². The first kappa shape index (κ1) is 22.1. The van der Waals surface area contributed by atoms with E-state index in [1.54, 1.807) is 23.3 Å². The highest BCUT2D eigenvalue weighted by Crippen LogP contribution is 2.26. The number of pyridine rings is 1. The van der Waals surface area contributed by atoms with Gasteiger partial charge in [0.05, 0.1) is 0 Å². The Morgan fingerprint density at radius 3 is 2.46 bits per heavy atom. The molecule has 0 aliphatic rings. The highest BCUT2D eigenvalue weighted by molar-refractivity contribution is 7.96. The second-order valence-corrected chi connectivity index (χ2v) is 7.94. The molecule has 0 bridgehead atoms. The van der Waals surface area contributed by atoms with Crippen LogP contribution < -0.4 is 9.62 Å². The van der Waals surface area contributed by atoms with Crippen LogP contribution in [-0.4, -0.2) is 36.1 Å². The zero-order valence-corrected chi connectivity index (χ0v) is 18.1. The first-order valence-corrected chi connectivity index (χ1v) is 11.0. The van der Waals surface area contributed by atoms with Crippen molar-refractivity contribution in [3.8, 4) is 0 Å². The molecule has 1 aromatic carbocycles. The van der Waals surface area contributed by atoms with Gasteiger partial charge in [0.1, 0.15) is 5.69 Å². The molecular formula is C21H26N4OS2. The maximum Gasteiger partial charge on any atom is 0.186 e. The van der Waals surface area contributed by atoms with Crippen molar-refractivity contribution in [2.75, 3.05) is 24.7 Å². The van der Waals surface area contributed by atoms with Crippen LogP contribution >= 0.6 is 23.3 Å². The van der Waals surface area contributed by atoms with E-state index < -0.39 is 0 Å². The average Bonchev–Trinajstić information content (AvgIpc) is 3.13. The fraction of sp³-hybridized carbons (Fsp3) is 0.286. The summed E-state index contributed by atoms with van der Waals surface area (Å²) in [5.41, 5.74) is 2.81. The van der Waals surface area contributed by atoms with Gasteiger partial charge in [0.15, 0.2) is 11.4 Å². The molecule has 0 unspecified atom stereocenters. The number of hydrogen-bond donors (Lipinski definition) is 1. The lowest BCUT2D eigenvalue weighted by Crippen LogP contribution is -2.25. The molecule has 148 valence electrons. The fourth-order valence-electron chi connectivity index (χ4n) is 2.48. The first-order chi connectivity index (χ1) is 13.7. The molecule has 3 aromatic rings. The lowest BCUT2D eigenvalue weighted by molar-refractivity contribution is 0.111. The standard InChI is InChI=1S/C19H19N3OS.C2H7NS/c1-15-18(14-23)21-19(24-15)22(13-16-7-3-2-4-8-16)12-10-17-9-5-6-11-20-17;1-3-4-2/h2-9,11,14H,10,12-13H2,1H3;3H,1-2H3. The molecule has 0 aliphatic carbocycles. The van der Waals surface area contributed by atoms with Gasteiger partial charge in [-0.1, -0.05) is 48.3 Å². The maximum atomic E-state index is 11.1. The molecule has 2 heterocycles. The minimum absolute atomic E-state index is 0.533. The molecule has 7 heteroatoms. The van der Waals surface area contributed by atoms with E-state index in [1.165, 1.54) is 5.56 Å². The summed E-state index contributed by atoms with van der Waals surface area (Å²) in [6.45, 7) is 3.50. The largest absolute Gasteiger partial charge is 0.343 e. The molecule has 0 saturated heterocycles. The second-order valence-electron chi connectivity index (χ2n) is 5.94. The van der Waals surface area contributed by atoms with Gasteiger partial charge in [0.2, 0.25) is 0 Å². The van der Waals surface area contributed by atoms with Crippen LogP contribution in [0.3, 0.4) is 0 Å². The van der Waals surface area contributed by atoms with Crippen LogP contribution in [0, 0.1) is 6.92 Å². The van der Waals surface area contributed by atoms with E-state index in [2.05, 4.69) is 31.7 Å². The molecular weight excluding hydrogens is 388 g/mol. The summed E-state index contributed by atoms with van der Waals surface area (Å²) in [5, 5.41) is 0.884. The lowest BCUT2D eigenvalue weighted by atomic mass is 10.2. The van der Waals surface area contributed by atoms with E-state index in [-0.39, 0.29) is 0 Å². The number of aldehydes is 1. The van der Waals surface area contributed by atoms with Crippen molar-refractivity contribution >= 4 is 34.7 Å². The van der Waals surface area contributed by atoms with Crippen LogP contribution in [0.2, 0.25) is 0 Å². The fourth-order valence-corrected chi connectivity index (χ4v) is 3.38. The van der Waals surface area contributed by atoms with Crippen LogP contribution in [0.4, 0.5) is 5.13 Å². The highest BCUT2D eigenvalue weighted by Gasteiger charge is 2.15. The summed E-state index contributed by atoms with van der Waals surface area (Å²) in [5.74, 6) is 0. The third-order valence-electron chi connectivity index (χ3n) is 3.99. The van der Waals surface area contributed by atoms with Crippen LogP contribution in [0.15, 0.2) is 54.7 Å². The van der Waals surface area contributed by atoms with Crippen molar-refractivity contribution in [3.63, 3.8) is 0 Å². The second kappa shape index (κ2) is 12.3. The van der Waals surface area contributed by atoms with Gasteiger partial charge in [-0.15, -0.1) is 11.3 Å². The van der Waals surface area contributed by atoms with E-state index in [0.29, 0.717) is 5.69 Å². The highest BCUT2D eigenvalue weighted by atomic mass is 32.2. The molecule has 1 N–H and O–H groups in total. The van der Waals surface area contributed by atoms with E-state index in [4.69, 9.17) is 0 Å². The van der Waals surface area contributed by atoms with Crippen LogP contribution in [0.1, 0.15) is 26.6 Å². The van der Waals surface area contributed by atoms with Gasteiger partial charge >= 0.3 is 0 Å². The predicted octanol–water partition coefficient (Wildman–Crippen LogP) is 4.39. The first-order valence-electron chi connectivity index (χ1n) is 8.99. The summed E-state index contributed by atoms with van der Waals surface area (Å²) in [6.07, 6.45) is 5.46. The van der Waals surface area contributed by atoms with Crippen molar-refractivity contribution in [1.29, 1.82) is 0 Å². The topological polar surface area (TPSA) is 58.1 Å². The minimum Gasteiger partial charge on any atom is -0.343 e. The van der Waals surface area contributed by atoms with Crippen LogP contribution in [0.25, 0.3) is 0 Å². The SMILES string of the molecule is CNSC.Cc1sc(N(CCc2ccccn2)Cc2ccccc2)nc1C=O. The normalized spacial score (nSPS) is 10.1.